The number of rotatable bonds is 6. The van der Waals surface area contributed by atoms with Crippen molar-refractivity contribution in [3.63, 3.8) is 0 Å². The molecule has 0 atom stereocenters. The zero-order valence-electron chi connectivity index (χ0n) is 12.8. The highest BCUT2D eigenvalue weighted by Gasteiger charge is 2.10. The highest BCUT2D eigenvalue weighted by Crippen LogP contribution is 2.19. The number of benzene rings is 1. The smallest absolute Gasteiger partial charge is 0.331 e. The first-order valence-electron chi connectivity index (χ1n) is 7.10. The molecule has 122 valence electrons. The zero-order valence-corrected chi connectivity index (χ0v) is 12.8. The highest BCUT2D eigenvalue weighted by atomic mass is 16.6. The van der Waals surface area contributed by atoms with Crippen LogP contribution in [0.5, 0.6) is 5.75 Å². The molecule has 0 fully saturated rings. The molecule has 2 heterocycles. The van der Waals surface area contributed by atoms with Crippen molar-refractivity contribution in [3.8, 4) is 17.1 Å². The standard InChI is InChI=1S/C17H14N2O5/c1-21-13-6-4-12(5-7-13)17-18-15(24-19-17)11-23-16(20)9-8-14-3-2-10-22-14/h2-10H,11H2,1H3. The number of aromatic nitrogens is 2. The molecule has 0 saturated heterocycles. The van der Waals surface area contributed by atoms with Gasteiger partial charge in [0.05, 0.1) is 13.4 Å². The Bertz CT molecular complexity index is 819. The van der Waals surface area contributed by atoms with E-state index in [2.05, 4.69) is 10.1 Å². The molecule has 0 aliphatic carbocycles. The van der Waals surface area contributed by atoms with Crippen LogP contribution in [0.4, 0.5) is 0 Å². The van der Waals surface area contributed by atoms with Crippen LogP contribution in [0.15, 0.2) is 57.7 Å². The molecule has 0 aliphatic rings. The predicted molar refractivity (Wildman–Crippen MR) is 83.8 cm³/mol. The molecular formula is C17H14N2O5. The SMILES string of the molecule is COc1ccc(-c2noc(COC(=O)C=Cc3ccco3)n2)cc1. The summed E-state index contributed by atoms with van der Waals surface area (Å²) in [7, 11) is 1.59. The van der Waals surface area contributed by atoms with Gasteiger partial charge in [-0.3, -0.25) is 0 Å². The van der Waals surface area contributed by atoms with Crippen LogP contribution in [-0.2, 0) is 16.1 Å². The van der Waals surface area contributed by atoms with Gasteiger partial charge in [0.1, 0.15) is 11.5 Å². The quantitative estimate of drug-likeness (QED) is 0.508. The topological polar surface area (TPSA) is 87.6 Å². The number of furan rings is 1. The summed E-state index contributed by atoms with van der Waals surface area (Å²) < 4.78 is 20.3. The van der Waals surface area contributed by atoms with Gasteiger partial charge in [-0.25, -0.2) is 4.79 Å². The maximum atomic E-state index is 11.6. The molecule has 7 nitrogen and oxygen atoms in total. The van der Waals surface area contributed by atoms with Crippen molar-refractivity contribution in [2.45, 2.75) is 6.61 Å². The molecule has 0 aliphatic heterocycles. The van der Waals surface area contributed by atoms with Crippen LogP contribution >= 0.6 is 0 Å². The van der Waals surface area contributed by atoms with Crippen molar-refractivity contribution in [1.82, 2.24) is 10.1 Å². The maximum absolute atomic E-state index is 11.6. The third-order valence-electron chi connectivity index (χ3n) is 3.08. The van der Waals surface area contributed by atoms with Crippen LogP contribution in [0.3, 0.4) is 0 Å². The van der Waals surface area contributed by atoms with E-state index >= 15 is 0 Å². The lowest BCUT2D eigenvalue weighted by molar-refractivity contribution is -0.139. The van der Waals surface area contributed by atoms with Crippen LogP contribution in [-0.4, -0.2) is 23.2 Å². The van der Waals surface area contributed by atoms with Crippen molar-refractivity contribution in [2.75, 3.05) is 7.11 Å². The van der Waals surface area contributed by atoms with Crippen LogP contribution in [0, 0.1) is 0 Å². The Hall–Kier alpha value is -3.35. The van der Waals surface area contributed by atoms with E-state index in [4.69, 9.17) is 18.4 Å². The second-order valence-corrected chi connectivity index (χ2v) is 4.70. The van der Waals surface area contributed by atoms with E-state index in [0.717, 1.165) is 11.3 Å². The first kappa shape index (κ1) is 15.5. The number of nitrogens with zero attached hydrogens (tertiary/aromatic N) is 2. The monoisotopic (exact) mass is 326 g/mol. The Morgan fingerprint density at radius 1 is 1.25 bits per heavy atom. The minimum atomic E-state index is -0.532. The first-order valence-corrected chi connectivity index (χ1v) is 7.10. The molecule has 0 unspecified atom stereocenters. The van der Waals surface area contributed by atoms with Gasteiger partial charge in [-0.2, -0.15) is 4.98 Å². The Morgan fingerprint density at radius 3 is 2.79 bits per heavy atom. The Labute approximate surface area is 137 Å². The Kier molecular flexibility index (Phi) is 4.71. The number of hydrogen-bond acceptors (Lipinski definition) is 7. The van der Waals surface area contributed by atoms with Crippen LogP contribution < -0.4 is 4.74 Å². The maximum Gasteiger partial charge on any atom is 0.331 e. The number of methoxy groups -OCH3 is 1. The van der Waals surface area contributed by atoms with Gasteiger partial charge in [0.15, 0.2) is 6.61 Å². The molecule has 3 aromatic rings. The van der Waals surface area contributed by atoms with Gasteiger partial charge in [0.2, 0.25) is 5.82 Å². The van der Waals surface area contributed by atoms with E-state index in [1.54, 1.807) is 31.4 Å². The van der Waals surface area contributed by atoms with Crippen LogP contribution in [0.2, 0.25) is 0 Å². The zero-order chi connectivity index (χ0) is 16.8. The van der Waals surface area contributed by atoms with E-state index < -0.39 is 5.97 Å². The van der Waals surface area contributed by atoms with Crippen molar-refractivity contribution in [3.05, 3.63) is 60.4 Å². The minimum absolute atomic E-state index is 0.107. The van der Waals surface area contributed by atoms with Crippen LogP contribution in [0.25, 0.3) is 17.5 Å². The van der Waals surface area contributed by atoms with Gasteiger partial charge in [-0.15, -0.1) is 0 Å². The molecule has 0 spiro atoms. The highest BCUT2D eigenvalue weighted by molar-refractivity contribution is 5.86. The summed E-state index contributed by atoms with van der Waals surface area (Å²) in [4.78, 5) is 15.8. The van der Waals surface area contributed by atoms with Gasteiger partial charge in [0, 0.05) is 11.6 Å². The number of hydrogen-bond donors (Lipinski definition) is 0. The lowest BCUT2D eigenvalue weighted by Crippen LogP contribution is -2.00. The number of carbonyl (C=O) groups excluding carboxylic acids is 1. The van der Waals surface area contributed by atoms with Crippen molar-refractivity contribution < 1.29 is 23.2 Å². The summed E-state index contributed by atoms with van der Waals surface area (Å²) >= 11 is 0. The first-order chi connectivity index (χ1) is 11.7. The Balaban J connectivity index is 1.56. The molecular weight excluding hydrogens is 312 g/mol. The van der Waals surface area contributed by atoms with E-state index in [0.29, 0.717) is 11.6 Å². The summed E-state index contributed by atoms with van der Waals surface area (Å²) in [6, 6.07) is 10.7. The van der Waals surface area contributed by atoms with Crippen LogP contribution in [0.1, 0.15) is 11.7 Å². The van der Waals surface area contributed by atoms with E-state index in [1.807, 2.05) is 12.1 Å². The lowest BCUT2D eigenvalue weighted by Gasteiger charge is -1.99. The molecule has 24 heavy (non-hydrogen) atoms. The molecule has 0 saturated carbocycles. The fourth-order valence-electron chi connectivity index (χ4n) is 1.89. The summed E-state index contributed by atoms with van der Waals surface area (Å²) in [5.41, 5.74) is 0.773. The molecule has 0 bridgehead atoms. The summed E-state index contributed by atoms with van der Waals surface area (Å²) in [5, 5.41) is 3.86. The van der Waals surface area contributed by atoms with Crippen molar-refractivity contribution >= 4 is 12.0 Å². The second kappa shape index (κ2) is 7.28. The summed E-state index contributed by atoms with van der Waals surface area (Å²) in [6.07, 6.45) is 4.29. The van der Waals surface area contributed by atoms with Gasteiger partial charge < -0.3 is 18.4 Å². The molecule has 0 N–H and O–H groups in total. The average Bonchev–Trinajstić information content (AvgIpc) is 3.30. The summed E-state index contributed by atoms with van der Waals surface area (Å²) in [5.74, 6) is 1.39. The average molecular weight is 326 g/mol. The number of esters is 1. The Morgan fingerprint density at radius 2 is 2.08 bits per heavy atom. The molecule has 7 heteroatoms. The van der Waals surface area contributed by atoms with E-state index in [1.165, 1.54) is 18.4 Å². The molecule has 3 rings (SSSR count). The van der Waals surface area contributed by atoms with E-state index in [-0.39, 0.29) is 12.5 Å². The predicted octanol–water partition coefficient (Wildman–Crippen LogP) is 3.09. The number of carbonyl (C=O) groups is 1. The lowest BCUT2D eigenvalue weighted by atomic mass is 10.2. The molecule has 0 radical (unpaired) electrons. The van der Waals surface area contributed by atoms with Gasteiger partial charge in [-0.1, -0.05) is 5.16 Å². The third-order valence-corrected chi connectivity index (χ3v) is 3.08. The third kappa shape index (κ3) is 3.89. The largest absolute Gasteiger partial charge is 0.497 e. The van der Waals surface area contributed by atoms with E-state index in [9.17, 15) is 4.79 Å². The van der Waals surface area contributed by atoms with Gasteiger partial charge >= 0.3 is 5.97 Å². The van der Waals surface area contributed by atoms with Gasteiger partial charge in [0.25, 0.3) is 5.89 Å². The van der Waals surface area contributed by atoms with Crippen molar-refractivity contribution in [1.29, 1.82) is 0 Å². The fourth-order valence-corrected chi connectivity index (χ4v) is 1.89. The fraction of sp³-hybridized carbons (Fsp3) is 0.118. The summed E-state index contributed by atoms with van der Waals surface area (Å²) in [6.45, 7) is -0.107. The minimum Gasteiger partial charge on any atom is -0.497 e. The molecule has 0 amide bonds. The second-order valence-electron chi connectivity index (χ2n) is 4.70. The number of ether oxygens (including phenoxy) is 2. The molecule has 2 aromatic heterocycles. The normalized spacial score (nSPS) is 10.9. The molecule has 1 aromatic carbocycles. The van der Waals surface area contributed by atoms with Gasteiger partial charge in [-0.05, 0) is 42.5 Å². The van der Waals surface area contributed by atoms with Crippen molar-refractivity contribution in [2.24, 2.45) is 0 Å².